The van der Waals surface area contributed by atoms with Gasteiger partial charge >= 0.3 is 11.9 Å². The Hall–Kier alpha value is -10.6. The van der Waals surface area contributed by atoms with Gasteiger partial charge in [-0.1, -0.05) is 121 Å². The Morgan fingerprint density at radius 2 is 0.531 bits per heavy atom. The van der Waals surface area contributed by atoms with Crippen LogP contribution in [0.25, 0.3) is 24.3 Å². The van der Waals surface area contributed by atoms with Crippen LogP contribution in [0.5, 0.6) is 0 Å². The highest BCUT2D eigenvalue weighted by molar-refractivity contribution is 6.10. The Balaban J connectivity index is 1.42. The number of carbonyl (C=O) groups is 12. The molecule has 26 nitrogen and oxygen atoms in total. The summed E-state index contributed by atoms with van der Waals surface area (Å²) in [6.07, 6.45) is 5.55. The standard InChI is InChI=1S/C72H94N12O14/c1-45(55(85)77-67(3,4)61(91)73-51(41-47-31-23-19-24-32-47)57(87)79-69(7,8)63(93)75-53(43-49-35-27-21-28-36-49)59(89)81-71(11,12)65(95)97-17)83(15)39-40-84(16)46(2)56(86)78-68(5,6)62(92)74-52(42-48-33-25-20-26-34-48)58(88)80-70(9,10)64(94)76-54(44-50-37-29-22-30-38-50)60(90)82-72(13,14)66(96)98-18/h19-38,41-46H,39-40H2,1-18H3,(H,73,91)(H,74,92)(H,75,93)(H,76,94)(H,77,85)(H,78,86)(H,79,87)(H,80,88)(H,81,89)(H,82,90)/b51-41-,52-42+,53-43-,54-44+/t45-,46-/m0/s1. The highest BCUT2D eigenvalue weighted by Crippen LogP contribution is 2.18. The van der Waals surface area contributed by atoms with Crippen LogP contribution in [0.1, 0.15) is 119 Å². The third-order valence-corrected chi connectivity index (χ3v) is 15.5. The molecule has 0 heterocycles. The summed E-state index contributed by atoms with van der Waals surface area (Å²) in [4.78, 5) is 169. The number of benzene rings is 4. The molecule has 98 heavy (non-hydrogen) atoms. The highest BCUT2D eigenvalue weighted by Gasteiger charge is 2.40. The maximum absolute atomic E-state index is 14.3. The summed E-state index contributed by atoms with van der Waals surface area (Å²) < 4.78 is 9.66. The SMILES string of the molecule is COC(=O)C(C)(C)NC(=O)/C(=C/c1ccccc1)NC(=O)C(C)(C)NC(=O)/C(=C/c1ccccc1)NC(=O)C(C)(C)NC(=O)[C@H](C)N(C)CCN(C)[C@@H](C)C(=O)NC(C)(C)C(=O)N/C(=C/c1ccccc1)C(=O)NC(C)(C)C(=O)N/C(=C/c1ccccc1)C(=O)NC(C)(C)C(=O)OC. The van der Waals surface area contributed by atoms with Gasteiger partial charge in [0.05, 0.1) is 26.3 Å². The van der Waals surface area contributed by atoms with Crippen molar-refractivity contribution < 1.29 is 67.0 Å². The lowest BCUT2D eigenvalue weighted by Gasteiger charge is -2.33. The van der Waals surface area contributed by atoms with Gasteiger partial charge in [-0.25, -0.2) is 9.59 Å². The minimum atomic E-state index is -1.76. The molecule has 0 aliphatic rings. The van der Waals surface area contributed by atoms with Crippen molar-refractivity contribution in [1.82, 2.24) is 63.0 Å². The smallest absolute Gasteiger partial charge is 0.330 e. The van der Waals surface area contributed by atoms with Crippen molar-refractivity contribution in [1.29, 1.82) is 0 Å². The van der Waals surface area contributed by atoms with E-state index in [9.17, 15) is 57.5 Å². The molecule has 4 rings (SSSR count). The van der Waals surface area contributed by atoms with E-state index in [-0.39, 0.29) is 35.9 Å². The topological polar surface area (TPSA) is 350 Å². The maximum Gasteiger partial charge on any atom is 0.330 e. The molecule has 4 aromatic carbocycles. The molecule has 4 aromatic rings. The first-order valence-corrected chi connectivity index (χ1v) is 31.4. The summed E-state index contributed by atoms with van der Waals surface area (Å²) >= 11 is 0. The van der Waals surface area contributed by atoms with Crippen LogP contribution in [-0.2, 0) is 67.0 Å². The van der Waals surface area contributed by atoms with Gasteiger partial charge in [-0.15, -0.1) is 0 Å². The number of nitrogens with one attached hydrogen (secondary N) is 10. The van der Waals surface area contributed by atoms with Crippen LogP contribution in [0.15, 0.2) is 144 Å². The molecule has 0 spiro atoms. The molecule has 0 unspecified atom stereocenters. The number of carbonyl (C=O) groups excluding carboxylic acids is 12. The van der Waals surface area contributed by atoms with Gasteiger partial charge in [0.25, 0.3) is 23.6 Å². The summed E-state index contributed by atoms with van der Waals surface area (Å²) in [5, 5.41) is 26.3. The average Bonchev–Trinajstić information content (AvgIpc) is 0.834. The Morgan fingerprint density at radius 1 is 0.337 bits per heavy atom. The molecule has 0 saturated heterocycles. The number of methoxy groups -OCH3 is 2. The monoisotopic (exact) mass is 1350 g/mol. The Kier molecular flexibility index (Phi) is 28.0. The number of hydrogen-bond donors (Lipinski definition) is 10. The predicted octanol–water partition coefficient (Wildman–Crippen LogP) is 3.97. The van der Waals surface area contributed by atoms with E-state index >= 15 is 0 Å². The van der Waals surface area contributed by atoms with Crippen LogP contribution >= 0.6 is 0 Å². The van der Waals surface area contributed by atoms with Crippen LogP contribution in [0.3, 0.4) is 0 Å². The zero-order valence-corrected chi connectivity index (χ0v) is 59.0. The second kappa shape index (κ2) is 34.4. The van der Waals surface area contributed by atoms with Crippen molar-refractivity contribution in [3.8, 4) is 0 Å². The summed E-state index contributed by atoms with van der Waals surface area (Å²) in [7, 11) is 5.67. The van der Waals surface area contributed by atoms with Crippen molar-refractivity contribution in [3.63, 3.8) is 0 Å². The average molecular weight is 1350 g/mol. The largest absolute Gasteiger partial charge is 0.467 e. The fourth-order valence-corrected chi connectivity index (χ4v) is 8.78. The highest BCUT2D eigenvalue weighted by atomic mass is 16.5. The van der Waals surface area contributed by atoms with E-state index < -0.39 is 116 Å². The number of esters is 2. The lowest BCUT2D eigenvalue weighted by molar-refractivity contribution is -0.149. The van der Waals surface area contributed by atoms with Crippen molar-refractivity contribution in [3.05, 3.63) is 166 Å². The van der Waals surface area contributed by atoms with Gasteiger partial charge in [0, 0.05) is 13.1 Å². The Morgan fingerprint density at radius 3 is 0.735 bits per heavy atom. The second-order valence-corrected chi connectivity index (χ2v) is 26.5. The van der Waals surface area contributed by atoms with Gasteiger partial charge in [-0.05, 0) is 158 Å². The minimum Gasteiger partial charge on any atom is -0.467 e. The Labute approximate surface area is 573 Å². The fourth-order valence-electron chi connectivity index (χ4n) is 8.78. The van der Waals surface area contributed by atoms with E-state index in [0.717, 1.165) is 0 Å². The van der Waals surface area contributed by atoms with E-state index in [0.29, 0.717) is 22.3 Å². The maximum atomic E-state index is 14.3. The molecule has 0 radical (unpaired) electrons. The van der Waals surface area contributed by atoms with Gasteiger partial charge in [0.2, 0.25) is 35.4 Å². The summed E-state index contributed by atoms with van der Waals surface area (Å²) in [5.74, 6) is -9.42. The number of rotatable bonds is 31. The number of amides is 10. The fraction of sp³-hybridized carbons (Fsp3) is 0.389. The molecular weight excluding hydrogens is 1260 g/mol. The van der Waals surface area contributed by atoms with Crippen LogP contribution < -0.4 is 53.2 Å². The number of ether oxygens (including phenoxy) is 2. The molecule has 0 aromatic heterocycles. The van der Waals surface area contributed by atoms with Crippen LogP contribution in [0, 0.1) is 0 Å². The molecule has 0 saturated carbocycles. The second-order valence-electron chi connectivity index (χ2n) is 26.5. The molecule has 2 atom stereocenters. The van der Waals surface area contributed by atoms with Crippen LogP contribution in [0.4, 0.5) is 0 Å². The van der Waals surface area contributed by atoms with Gasteiger partial charge in [-0.2, -0.15) is 0 Å². The van der Waals surface area contributed by atoms with Crippen LogP contribution in [-0.4, -0.2) is 168 Å². The van der Waals surface area contributed by atoms with E-state index in [4.69, 9.17) is 9.47 Å². The van der Waals surface area contributed by atoms with Gasteiger partial charge in [0.1, 0.15) is 56.0 Å². The summed E-state index contributed by atoms with van der Waals surface area (Å²) in [6, 6.07) is 32.5. The normalized spacial score (nSPS) is 13.3. The first-order chi connectivity index (χ1) is 45.6. The molecule has 0 aliphatic heterocycles. The molecule has 26 heteroatoms. The molecule has 0 bridgehead atoms. The van der Waals surface area contributed by atoms with Crippen molar-refractivity contribution >= 4 is 95.3 Å². The lowest BCUT2D eigenvalue weighted by atomic mass is 10.0. The van der Waals surface area contributed by atoms with E-state index in [1.165, 1.54) is 122 Å². The molecule has 0 fully saturated rings. The Bertz CT molecular complexity index is 3470. The van der Waals surface area contributed by atoms with Gasteiger partial charge < -0.3 is 62.6 Å². The van der Waals surface area contributed by atoms with E-state index in [1.54, 1.807) is 159 Å². The third kappa shape index (κ3) is 23.6. The zero-order chi connectivity index (χ0) is 73.7. The molecular formula is C72H94N12O14. The third-order valence-electron chi connectivity index (χ3n) is 15.5. The predicted molar refractivity (Wildman–Crippen MR) is 372 cm³/mol. The van der Waals surface area contributed by atoms with Crippen molar-refractivity contribution in [2.24, 2.45) is 0 Å². The van der Waals surface area contributed by atoms with E-state index in [2.05, 4.69) is 53.2 Å². The number of likely N-dealkylation sites (N-methyl/N-ethyl adjacent to an activating group) is 2. The zero-order valence-electron chi connectivity index (χ0n) is 59.0. The quantitative estimate of drug-likeness (QED) is 0.0252. The number of nitrogens with zero attached hydrogens (tertiary/aromatic N) is 2. The van der Waals surface area contributed by atoms with Gasteiger partial charge in [0.15, 0.2) is 0 Å². The van der Waals surface area contributed by atoms with Crippen LogP contribution in [0.2, 0.25) is 0 Å². The molecule has 10 N–H and O–H groups in total. The molecule has 10 amide bonds. The van der Waals surface area contributed by atoms with Crippen molar-refractivity contribution in [2.45, 2.75) is 142 Å². The lowest BCUT2D eigenvalue weighted by Crippen LogP contribution is -2.60. The minimum absolute atomic E-state index is 0.217. The summed E-state index contributed by atoms with van der Waals surface area (Å²) in [5.41, 5.74) is -8.92. The van der Waals surface area contributed by atoms with Crippen molar-refractivity contribution in [2.75, 3.05) is 41.4 Å². The molecule has 526 valence electrons. The summed E-state index contributed by atoms with van der Waals surface area (Å²) in [6.45, 7) is 20.6. The molecule has 0 aliphatic carbocycles. The first-order valence-electron chi connectivity index (χ1n) is 31.4. The number of hydrogen-bond acceptors (Lipinski definition) is 16. The first kappa shape index (κ1) is 79.8. The van der Waals surface area contributed by atoms with Gasteiger partial charge in [-0.3, -0.25) is 57.7 Å². The van der Waals surface area contributed by atoms with E-state index in [1.807, 2.05) is 0 Å².